The highest BCUT2D eigenvalue weighted by Crippen LogP contribution is 2.25. The molecule has 1 aliphatic heterocycles. The Morgan fingerprint density at radius 2 is 2.00 bits per heavy atom. The van der Waals surface area contributed by atoms with E-state index in [1.165, 1.54) is 0 Å². The molecule has 1 aromatic heterocycles. The molecule has 2 aromatic carbocycles. The number of benzene rings is 2. The quantitative estimate of drug-likeness (QED) is 0.447. The number of hydrogen-bond donors (Lipinski definition) is 1. The molecule has 0 unspecified atom stereocenters. The van der Waals surface area contributed by atoms with Gasteiger partial charge >= 0.3 is 0 Å². The number of hydrogen-bond acceptors (Lipinski definition) is 5. The molecule has 33 heavy (non-hydrogen) atoms. The van der Waals surface area contributed by atoms with Crippen LogP contribution >= 0.6 is 23.2 Å². The molecular weight excluding hydrogens is 459 g/mol. The Labute approximate surface area is 204 Å². The van der Waals surface area contributed by atoms with Gasteiger partial charge in [0.25, 0.3) is 0 Å². The average molecular weight is 487 g/mol. The van der Waals surface area contributed by atoms with Crippen molar-refractivity contribution in [3.63, 3.8) is 0 Å². The number of aromatic nitrogens is 2. The Hall–Kier alpha value is -2.41. The summed E-state index contributed by atoms with van der Waals surface area (Å²) < 4.78 is 5.26. The second kappa shape index (κ2) is 10.7. The van der Waals surface area contributed by atoms with Crippen molar-refractivity contribution in [3.8, 4) is 0 Å². The number of likely N-dealkylation sites (tertiary alicyclic amines) is 1. The molecule has 6 nitrogen and oxygen atoms in total. The summed E-state index contributed by atoms with van der Waals surface area (Å²) in [4.78, 5) is 19.6. The third-order valence-electron chi connectivity index (χ3n) is 5.85. The van der Waals surface area contributed by atoms with Crippen molar-refractivity contribution in [2.75, 3.05) is 18.4 Å². The van der Waals surface area contributed by atoms with Crippen molar-refractivity contribution in [1.82, 2.24) is 15.0 Å². The standard InChI is InChI=1S/C25H28Cl2N4O2/c1-16(2)25-29-23(30-33-25)12-17-5-9-21(10-6-17)28-24(32)19-4-3-11-31(15-19)14-18-7-8-20(26)13-22(18)27/h5-10,13,16,19H,3-4,11-12,14-15H2,1-2H3,(H,28,32)/t19-/m1/s1. The molecule has 1 amide bonds. The Bertz CT molecular complexity index is 1100. The molecule has 1 saturated heterocycles. The zero-order valence-corrected chi connectivity index (χ0v) is 20.4. The van der Waals surface area contributed by atoms with Crippen LogP contribution in [0.3, 0.4) is 0 Å². The SMILES string of the molecule is CC(C)c1nc(Cc2ccc(NC(=O)[C@@H]3CCCN(Cc4ccc(Cl)cc4Cl)C3)cc2)no1. The van der Waals surface area contributed by atoms with Crippen LogP contribution in [0.5, 0.6) is 0 Å². The zero-order valence-electron chi connectivity index (χ0n) is 18.9. The highest BCUT2D eigenvalue weighted by molar-refractivity contribution is 6.35. The van der Waals surface area contributed by atoms with Crippen LogP contribution < -0.4 is 5.32 Å². The van der Waals surface area contributed by atoms with Crippen molar-refractivity contribution >= 4 is 34.8 Å². The van der Waals surface area contributed by atoms with Gasteiger partial charge in [-0.25, -0.2) is 0 Å². The van der Waals surface area contributed by atoms with E-state index in [2.05, 4.69) is 20.4 Å². The van der Waals surface area contributed by atoms with Gasteiger partial charge in [0.2, 0.25) is 11.8 Å². The largest absolute Gasteiger partial charge is 0.339 e. The van der Waals surface area contributed by atoms with Crippen LogP contribution in [0, 0.1) is 5.92 Å². The fourth-order valence-electron chi connectivity index (χ4n) is 4.01. The lowest BCUT2D eigenvalue weighted by Crippen LogP contribution is -2.40. The molecule has 0 radical (unpaired) electrons. The Morgan fingerprint density at radius 1 is 1.21 bits per heavy atom. The molecule has 0 aliphatic carbocycles. The molecule has 2 heterocycles. The topological polar surface area (TPSA) is 71.3 Å². The van der Waals surface area contributed by atoms with Gasteiger partial charge in [0.05, 0.1) is 5.92 Å². The molecule has 1 N–H and O–H groups in total. The minimum absolute atomic E-state index is 0.0504. The minimum atomic E-state index is -0.0571. The summed E-state index contributed by atoms with van der Waals surface area (Å²) >= 11 is 12.3. The fraction of sp³-hybridized carbons (Fsp3) is 0.400. The van der Waals surface area contributed by atoms with E-state index < -0.39 is 0 Å². The van der Waals surface area contributed by atoms with E-state index in [9.17, 15) is 4.79 Å². The summed E-state index contributed by atoms with van der Waals surface area (Å²) in [5.41, 5.74) is 2.88. The molecule has 1 atom stereocenters. The lowest BCUT2D eigenvalue weighted by molar-refractivity contribution is -0.121. The number of amides is 1. The van der Waals surface area contributed by atoms with Crippen molar-refractivity contribution in [2.45, 2.75) is 45.6 Å². The smallest absolute Gasteiger partial charge is 0.229 e. The first kappa shape index (κ1) is 23.7. The second-order valence-electron chi connectivity index (χ2n) is 8.88. The van der Waals surface area contributed by atoms with E-state index in [0.29, 0.717) is 41.3 Å². The summed E-state index contributed by atoms with van der Waals surface area (Å²) in [7, 11) is 0. The number of anilines is 1. The van der Waals surface area contributed by atoms with Gasteiger partial charge in [-0.1, -0.05) is 60.4 Å². The molecule has 1 fully saturated rings. The van der Waals surface area contributed by atoms with Crippen molar-refractivity contribution in [2.24, 2.45) is 5.92 Å². The molecule has 174 valence electrons. The van der Waals surface area contributed by atoms with Crippen LogP contribution in [-0.2, 0) is 17.8 Å². The van der Waals surface area contributed by atoms with Gasteiger partial charge in [0.15, 0.2) is 5.82 Å². The van der Waals surface area contributed by atoms with E-state index in [-0.39, 0.29) is 17.7 Å². The maximum absolute atomic E-state index is 12.9. The normalized spacial score (nSPS) is 16.8. The first-order valence-electron chi connectivity index (χ1n) is 11.3. The van der Waals surface area contributed by atoms with Crippen LogP contribution in [0.1, 0.15) is 55.4 Å². The highest BCUT2D eigenvalue weighted by atomic mass is 35.5. The van der Waals surface area contributed by atoms with Crippen molar-refractivity contribution in [1.29, 1.82) is 0 Å². The third-order valence-corrected chi connectivity index (χ3v) is 6.43. The predicted molar refractivity (Wildman–Crippen MR) is 131 cm³/mol. The predicted octanol–water partition coefficient (Wildman–Crippen LogP) is 5.94. The van der Waals surface area contributed by atoms with Crippen molar-refractivity contribution < 1.29 is 9.32 Å². The van der Waals surface area contributed by atoms with Gasteiger partial charge in [0.1, 0.15) is 0 Å². The van der Waals surface area contributed by atoms with Crippen LogP contribution in [0.4, 0.5) is 5.69 Å². The summed E-state index contributed by atoms with van der Waals surface area (Å²) in [6.45, 7) is 6.41. The number of nitrogens with one attached hydrogen (secondary N) is 1. The summed E-state index contributed by atoms with van der Waals surface area (Å²) in [6.07, 6.45) is 2.45. The summed E-state index contributed by atoms with van der Waals surface area (Å²) in [5.74, 6) is 1.52. The maximum Gasteiger partial charge on any atom is 0.229 e. The zero-order chi connectivity index (χ0) is 23.4. The molecule has 0 saturated carbocycles. The van der Waals surface area contributed by atoms with Crippen LogP contribution in [0.15, 0.2) is 47.0 Å². The Balaban J connectivity index is 1.31. The number of piperidine rings is 1. The molecule has 0 spiro atoms. The number of carbonyl (C=O) groups excluding carboxylic acids is 1. The molecule has 4 rings (SSSR count). The first-order chi connectivity index (χ1) is 15.9. The first-order valence-corrected chi connectivity index (χ1v) is 12.0. The number of halogens is 2. The molecular formula is C25H28Cl2N4O2. The maximum atomic E-state index is 12.9. The van der Waals surface area contributed by atoms with Gasteiger partial charge in [0, 0.05) is 41.2 Å². The van der Waals surface area contributed by atoms with E-state index >= 15 is 0 Å². The van der Waals surface area contributed by atoms with Gasteiger partial charge in [-0.3, -0.25) is 9.69 Å². The number of carbonyl (C=O) groups is 1. The number of nitrogens with zero attached hydrogens (tertiary/aromatic N) is 3. The van der Waals surface area contributed by atoms with E-state index in [4.69, 9.17) is 27.7 Å². The molecule has 0 bridgehead atoms. The van der Waals surface area contributed by atoms with Gasteiger partial charge in [-0.05, 0) is 54.8 Å². The second-order valence-corrected chi connectivity index (χ2v) is 9.72. The third kappa shape index (κ3) is 6.34. The van der Waals surface area contributed by atoms with E-state index in [1.807, 2.05) is 50.2 Å². The van der Waals surface area contributed by atoms with Crippen LogP contribution in [0.25, 0.3) is 0 Å². The lowest BCUT2D eigenvalue weighted by Gasteiger charge is -2.32. The minimum Gasteiger partial charge on any atom is -0.339 e. The van der Waals surface area contributed by atoms with Gasteiger partial charge < -0.3 is 9.84 Å². The average Bonchev–Trinajstić information content (AvgIpc) is 3.26. The van der Waals surface area contributed by atoms with Crippen molar-refractivity contribution in [3.05, 3.63) is 75.4 Å². The van der Waals surface area contributed by atoms with Crippen LogP contribution in [-0.4, -0.2) is 34.0 Å². The highest BCUT2D eigenvalue weighted by Gasteiger charge is 2.26. The molecule has 3 aromatic rings. The molecule has 8 heteroatoms. The molecule has 1 aliphatic rings. The Morgan fingerprint density at radius 3 is 2.70 bits per heavy atom. The van der Waals surface area contributed by atoms with E-state index in [0.717, 1.165) is 36.2 Å². The summed E-state index contributed by atoms with van der Waals surface area (Å²) in [5, 5.41) is 8.39. The monoisotopic (exact) mass is 486 g/mol. The fourth-order valence-corrected chi connectivity index (χ4v) is 4.48. The van der Waals surface area contributed by atoms with Crippen LogP contribution in [0.2, 0.25) is 10.0 Å². The van der Waals surface area contributed by atoms with Gasteiger partial charge in [-0.15, -0.1) is 0 Å². The summed E-state index contributed by atoms with van der Waals surface area (Å²) in [6, 6.07) is 13.4. The van der Waals surface area contributed by atoms with E-state index in [1.54, 1.807) is 6.07 Å². The lowest BCUT2D eigenvalue weighted by atomic mass is 9.96. The van der Waals surface area contributed by atoms with Gasteiger partial charge in [-0.2, -0.15) is 4.98 Å². The number of rotatable bonds is 7. The Kier molecular flexibility index (Phi) is 7.68.